The molecule has 1 aromatic heterocycles. The standard InChI is InChI=1S/C26H30F3N5O2/c1-18-13-20(25-30-24(31-36-25)17-33-11-9-32(2)10-12-33)5-6-21-15-34(16-23(18)21)14-19-3-7-22(8-4-19)35-26(27,28)29/h3-5,7-8,13H,6,9-12,14-17H2,1-2H3. The van der Waals surface area contributed by atoms with Gasteiger partial charge in [-0.25, -0.2) is 0 Å². The SMILES string of the molecule is CC1=CC(c2nc(CN3CCN(C)CC3)no2)=CCC2=C1CN(Cc1ccc(OC(F)(F)F)cc1)C2. The first-order chi connectivity index (χ1) is 17.2. The molecule has 0 bridgehead atoms. The fourth-order valence-corrected chi connectivity index (χ4v) is 4.92. The maximum absolute atomic E-state index is 12.4. The third-order valence-electron chi connectivity index (χ3n) is 6.88. The van der Waals surface area contributed by atoms with E-state index in [9.17, 15) is 13.2 Å². The zero-order valence-electron chi connectivity index (χ0n) is 20.5. The van der Waals surface area contributed by atoms with Gasteiger partial charge in [0.2, 0.25) is 0 Å². The zero-order valence-corrected chi connectivity index (χ0v) is 20.5. The van der Waals surface area contributed by atoms with Crippen molar-refractivity contribution in [3.8, 4) is 5.75 Å². The van der Waals surface area contributed by atoms with Crippen molar-refractivity contribution < 1.29 is 22.4 Å². The highest BCUT2D eigenvalue weighted by Crippen LogP contribution is 2.33. The third-order valence-corrected chi connectivity index (χ3v) is 6.88. The fraction of sp³-hybridized carbons (Fsp3) is 0.462. The quantitative estimate of drug-likeness (QED) is 0.586. The average Bonchev–Trinajstić information content (AvgIpc) is 3.42. The van der Waals surface area contributed by atoms with Crippen molar-refractivity contribution in [2.45, 2.75) is 32.8 Å². The molecule has 1 fully saturated rings. The van der Waals surface area contributed by atoms with Gasteiger partial charge in [-0.3, -0.25) is 9.80 Å². The van der Waals surface area contributed by atoms with E-state index >= 15 is 0 Å². The summed E-state index contributed by atoms with van der Waals surface area (Å²) in [6, 6.07) is 6.08. The summed E-state index contributed by atoms with van der Waals surface area (Å²) in [5, 5.41) is 4.21. The van der Waals surface area contributed by atoms with Crippen molar-refractivity contribution in [1.82, 2.24) is 24.8 Å². The number of hydrogen-bond donors (Lipinski definition) is 0. The summed E-state index contributed by atoms with van der Waals surface area (Å²) in [5.74, 6) is 1.06. The zero-order chi connectivity index (χ0) is 25.3. The summed E-state index contributed by atoms with van der Waals surface area (Å²) in [6.45, 7) is 9.14. The molecule has 3 aliphatic rings. The van der Waals surface area contributed by atoms with Crippen molar-refractivity contribution in [2.24, 2.45) is 0 Å². The molecule has 7 nitrogen and oxygen atoms in total. The van der Waals surface area contributed by atoms with Gasteiger partial charge in [-0.15, -0.1) is 13.2 Å². The van der Waals surface area contributed by atoms with Gasteiger partial charge in [0.15, 0.2) is 5.82 Å². The van der Waals surface area contributed by atoms with Crippen LogP contribution < -0.4 is 4.74 Å². The van der Waals surface area contributed by atoms with Crippen molar-refractivity contribution in [3.05, 3.63) is 70.4 Å². The third kappa shape index (κ3) is 6.05. The number of halogens is 3. The van der Waals surface area contributed by atoms with E-state index < -0.39 is 6.36 Å². The van der Waals surface area contributed by atoms with Crippen molar-refractivity contribution in [3.63, 3.8) is 0 Å². The van der Waals surface area contributed by atoms with Crippen LogP contribution in [0.15, 0.2) is 57.7 Å². The molecule has 2 aliphatic heterocycles. The van der Waals surface area contributed by atoms with Gasteiger partial charge in [0, 0.05) is 51.4 Å². The number of piperazine rings is 1. The smallest absolute Gasteiger partial charge is 0.406 e. The summed E-state index contributed by atoms with van der Waals surface area (Å²) < 4.78 is 46.7. The molecule has 0 radical (unpaired) electrons. The lowest BCUT2D eigenvalue weighted by Crippen LogP contribution is -2.44. The summed E-state index contributed by atoms with van der Waals surface area (Å²) in [5.41, 5.74) is 5.71. The van der Waals surface area contributed by atoms with Crippen LogP contribution in [0, 0.1) is 0 Å². The number of ether oxygens (including phenoxy) is 1. The summed E-state index contributed by atoms with van der Waals surface area (Å²) in [6.07, 6.45) is 0.374. The molecule has 1 aromatic carbocycles. The highest BCUT2D eigenvalue weighted by atomic mass is 19.4. The van der Waals surface area contributed by atoms with Crippen LogP contribution in [0.4, 0.5) is 13.2 Å². The lowest BCUT2D eigenvalue weighted by molar-refractivity contribution is -0.274. The minimum Gasteiger partial charge on any atom is -0.406 e. The average molecular weight is 502 g/mol. The molecular weight excluding hydrogens is 471 g/mol. The van der Waals surface area contributed by atoms with Crippen LogP contribution in [0.1, 0.15) is 30.6 Å². The molecular formula is C26H30F3N5O2. The Balaban J connectivity index is 1.18. The molecule has 3 heterocycles. The molecule has 0 unspecified atom stereocenters. The number of nitrogens with zero attached hydrogens (tertiary/aromatic N) is 5. The second-order valence-electron chi connectivity index (χ2n) is 9.71. The number of aromatic nitrogens is 2. The van der Waals surface area contributed by atoms with Crippen LogP contribution in [0.2, 0.25) is 0 Å². The minimum absolute atomic E-state index is 0.203. The Labute approximate surface area is 208 Å². The van der Waals surface area contributed by atoms with Crippen LogP contribution >= 0.6 is 0 Å². The molecule has 0 saturated carbocycles. The molecule has 1 saturated heterocycles. The van der Waals surface area contributed by atoms with E-state index in [2.05, 4.69) is 55.7 Å². The van der Waals surface area contributed by atoms with Crippen LogP contribution in [0.5, 0.6) is 5.75 Å². The molecule has 0 spiro atoms. The van der Waals surface area contributed by atoms with E-state index in [1.807, 2.05) is 0 Å². The first-order valence-electron chi connectivity index (χ1n) is 12.1. The molecule has 5 rings (SSSR count). The second kappa shape index (κ2) is 10.2. The van der Waals surface area contributed by atoms with Gasteiger partial charge in [0.25, 0.3) is 5.89 Å². The first kappa shape index (κ1) is 24.7. The number of likely N-dealkylation sites (N-methyl/N-ethyl adjacent to an activating group) is 1. The van der Waals surface area contributed by atoms with E-state index in [1.165, 1.54) is 28.9 Å². The predicted molar refractivity (Wildman–Crippen MR) is 129 cm³/mol. The molecule has 2 aromatic rings. The van der Waals surface area contributed by atoms with E-state index in [0.717, 1.165) is 56.8 Å². The van der Waals surface area contributed by atoms with E-state index in [4.69, 9.17) is 4.52 Å². The lowest BCUT2D eigenvalue weighted by atomic mass is 10.0. The van der Waals surface area contributed by atoms with Gasteiger partial charge in [0.05, 0.1) is 6.54 Å². The highest BCUT2D eigenvalue weighted by molar-refractivity contribution is 5.72. The van der Waals surface area contributed by atoms with Crippen molar-refractivity contribution in [1.29, 1.82) is 0 Å². The molecule has 0 amide bonds. The minimum atomic E-state index is -4.68. The van der Waals surface area contributed by atoms with Gasteiger partial charge in [-0.1, -0.05) is 23.4 Å². The topological polar surface area (TPSA) is 57.9 Å². The number of allylic oxidation sites excluding steroid dienone is 3. The second-order valence-corrected chi connectivity index (χ2v) is 9.71. The number of alkyl halides is 3. The molecule has 0 N–H and O–H groups in total. The summed E-state index contributed by atoms with van der Waals surface area (Å²) in [7, 11) is 2.13. The van der Waals surface area contributed by atoms with Crippen LogP contribution in [0.25, 0.3) is 5.57 Å². The van der Waals surface area contributed by atoms with Gasteiger partial charge < -0.3 is 14.2 Å². The number of rotatable bonds is 6. The van der Waals surface area contributed by atoms with Crippen LogP contribution in [-0.2, 0) is 13.1 Å². The Morgan fingerprint density at radius 3 is 2.47 bits per heavy atom. The van der Waals surface area contributed by atoms with Gasteiger partial charge in [-0.05, 0) is 60.9 Å². The van der Waals surface area contributed by atoms with Gasteiger partial charge in [0.1, 0.15) is 5.75 Å². The Kier molecular flexibility index (Phi) is 7.00. The van der Waals surface area contributed by atoms with Crippen molar-refractivity contribution in [2.75, 3.05) is 46.3 Å². The summed E-state index contributed by atoms with van der Waals surface area (Å²) >= 11 is 0. The van der Waals surface area contributed by atoms with Crippen molar-refractivity contribution >= 4 is 5.57 Å². The van der Waals surface area contributed by atoms with Crippen LogP contribution in [0.3, 0.4) is 0 Å². The fourth-order valence-electron chi connectivity index (χ4n) is 4.92. The molecule has 192 valence electrons. The summed E-state index contributed by atoms with van der Waals surface area (Å²) in [4.78, 5) is 11.6. The number of benzene rings is 1. The normalized spacial score (nSPS) is 20.2. The van der Waals surface area contributed by atoms with Gasteiger partial charge in [-0.2, -0.15) is 4.98 Å². The Bertz CT molecular complexity index is 1170. The maximum Gasteiger partial charge on any atom is 0.573 e. The van der Waals surface area contributed by atoms with E-state index in [-0.39, 0.29) is 5.75 Å². The molecule has 10 heteroatoms. The molecule has 1 aliphatic carbocycles. The van der Waals surface area contributed by atoms with E-state index in [0.29, 0.717) is 24.8 Å². The lowest BCUT2D eigenvalue weighted by Gasteiger charge is -2.31. The maximum atomic E-state index is 12.4. The van der Waals surface area contributed by atoms with Gasteiger partial charge >= 0.3 is 6.36 Å². The molecule has 36 heavy (non-hydrogen) atoms. The van der Waals surface area contributed by atoms with Crippen LogP contribution in [-0.4, -0.2) is 77.5 Å². The van der Waals surface area contributed by atoms with E-state index in [1.54, 1.807) is 12.1 Å². The first-order valence-corrected chi connectivity index (χ1v) is 12.1. The highest BCUT2D eigenvalue weighted by Gasteiger charge is 2.31. The number of hydrogen-bond acceptors (Lipinski definition) is 7. The Morgan fingerprint density at radius 1 is 1.00 bits per heavy atom. The monoisotopic (exact) mass is 501 g/mol. The Morgan fingerprint density at radius 2 is 1.75 bits per heavy atom. The predicted octanol–water partition coefficient (Wildman–Crippen LogP) is 4.26. The molecule has 0 atom stereocenters. The Hall–Kier alpha value is -2.95. The largest absolute Gasteiger partial charge is 0.573 e.